The van der Waals surface area contributed by atoms with Gasteiger partial charge in [0.05, 0.1) is 11.2 Å². The molecule has 0 saturated heterocycles. The molecule has 19 heavy (non-hydrogen) atoms. The van der Waals surface area contributed by atoms with Crippen LogP contribution in [0.3, 0.4) is 0 Å². The number of hydrogen-bond donors (Lipinski definition) is 1. The molecule has 0 unspecified atom stereocenters. The van der Waals surface area contributed by atoms with Crippen molar-refractivity contribution in [1.29, 1.82) is 0 Å². The van der Waals surface area contributed by atoms with Crippen molar-refractivity contribution < 1.29 is 0 Å². The maximum atomic E-state index is 5.82. The largest absolute Gasteiger partial charge is 0.311 e. The van der Waals surface area contributed by atoms with Crippen molar-refractivity contribution in [2.45, 2.75) is 26.8 Å². The van der Waals surface area contributed by atoms with E-state index in [-0.39, 0.29) is 5.41 Å². The summed E-state index contributed by atoms with van der Waals surface area (Å²) in [6.45, 7) is 6.22. The van der Waals surface area contributed by atoms with Gasteiger partial charge in [-0.3, -0.25) is 4.68 Å². The number of halogens is 1. The van der Waals surface area contributed by atoms with E-state index in [0.29, 0.717) is 5.88 Å². The van der Waals surface area contributed by atoms with Crippen LogP contribution < -0.4 is 5.32 Å². The molecule has 0 fully saturated rings. The molecular formula is C15H22ClN3. The molecule has 2 aromatic rings. The Balaban J connectivity index is 2.03. The number of benzene rings is 1. The normalized spacial score (nSPS) is 12.2. The molecule has 0 radical (unpaired) electrons. The third kappa shape index (κ3) is 3.48. The van der Waals surface area contributed by atoms with Gasteiger partial charge in [0.2, 0.25) is 0 Å². The lowest BCUT2D eigenvalue weighted by Gasteiger charge is -2.23. The summed E-state index contributed by atoms with van der Waals surface area (Å²) in [5, 5.41) is 9.31. The summed E-state index contributed by atoms with van der Waals surface area (Å²) in [5.74, 6) is 0.710. The molecule has 3 nitrogen and oxygen atoms in total. The molecule has 0 aliphatic carbocycles. The second kappa shape index (κ2) is 5.93. The lowest BCUT2D eigenvalue weighted by atomic mass is 9.90. The average Bonchev–Trinajstić information content (AvgIpc) is 2.67. The van der Waals surface area contributed by atoms with Gasteiger partial charge in [-0.05, 0) is 17.9 Å². The summed E-state index contributed by atoms with van der Waals surface area (Å²) in [4.78, 5) is 0. The number of nitrogens with one attached hydrogen (secondary N) is 1. The zero-order valence-corrected chi connectivity index (χ0v) is 12.7. The van der Waals surface area contributed by atoms with Crippen LogP contribution in [0.5, 0.6) is 0 Å². The van der Waals surface area contributed by atoms with Crippen LogP contribution in [0.15, 0.2) is 24.3 Å². The van der Waals surface area contributed by atoms with Gasteiger partial charge in [-0.15, -0.1) is 11.6 Å². The van der Waals surface area contributed by atoms with Crippen LogP contribution in [-0.2, 0) is 13.6 Å². The Morgan fingerprint density at radius 3 is 2.79 bits per heavy atom. The van der Waals surface area contributed by atoms with Gasteiger partial charge in [-0.25, -0.2) is 0 Å². The second-order valence-electron chi connectivity index (χ2n) is 5.79. The molecule has 1 heterocycles. The van der Waals surface area contributed by atoms with Gasteiger partial charge in [0.1, 0.15) is 0 Å². The molecule has 1 N–H and O–H groups in total. The highest BCUT2D eigenvalue weighted by Gasteiger charge is 2.17. The summed E-state index contributed by atoms with van der Waals surface area (Å²) < 4.78 is 1.94. The molecule has 0 aliphatic rings. The quantitative estimate of drug-likeness (QED) is 0.822. The zero-order valence-electron chi connectivity index (χ0n) is 11.9. The number of para-hydroxylation sites is 1. The summed E-state index contributed by atoms with van der Waals surface area (Å²) in [6, 6.07) is 8.34. The van der Waals surface area contributed by atoms with Crippen molar-refractivity contribution in [3.8, 4) is 0 Å². The first-order chi connectivity index (χ1) is 9.03. The van der Waals surface area contributed by atoms with Crippen LogP contribution in [-0.4, -0.2) is 22.2 Å². The van der Waals surface area contributed by atoms with E-state index in [4.69, 9.17) is 11.6 Å². The molecule has 4 heteroatoms. The Morgan fingerprint density at radius 2 is 2.05 bits per heavy atom. The first kappa shape index (κ1) is 14.4. The SMILES string of the molecule is Cn1nc(CNCC(C)(C)CCCl)c2ccccc21. The van der Waals surface area contributed by atoms with Crippen LogP contribution in [0, 0.1) is 5.41 Å². The van der Waals surface area contributed by atoms with Gasteiger partial charge in [-0.2, -0.15) is 5.10 Å². The Labute approximate surface area is 119 Å². The van der Waals surface area contributed by atoms with Crippen LogP contribution in [0.4, 0.5) is 0 Å². The summed E-state index contributed by atoms with van der Waals surface area (Å²) in [5.41, 5.74) is 2.52. The van der Waals surface area contributed by atoms with Crippen LogP contribution in [0.2, 0.25) is 0 Å². The summed E-state index contributed by atoms with van der Waals surface area (Å²) in [6.07, 6.45) is 1.02. The standard InChI is InChI=1S/C15H22ClN3/c1-15(2,8-9-16)11-17-10-13-12-6-4-5-7-14(12)19(3)18-13/h4-7,17H,8-11H2,1-3H3. The van der Waals surface area contributed by atoms with Gasteiger partial charge in [0.25, 0.3) is 0 Å². The lowest BCUT2D eigenvalue weighted by Crippen LogP contribution is -2.29. The number of nitrogens with zero attached hydrogens (tertiary/aromatic N) is 2. The van der Waals surface area contributed by atoms with E-state index in [9.17, 15) is 0 Å². The third-order valence-corrected chi connectivity index (χ3v) is 3.69. The average molecular weight is 280 g/mol. The van der Waals surface area contributed by atoms with Gasteiger partial charge in [0.15, 0.2) is 0 Å². The summed E-state index contributed by atoms with van der Waals surface area (Å²) >= 11 is 5.82. The van der Waals surface area contributed by atoms with Crippen LogP contribution in [0.25, 0.3) is 10.9 Å². The number of rotatable bonds is 6. The fraction of sp³-hybridized carbons (Fsp3) is 0.533. The van der Waals surface area contributed by atoms with E-state index >= 15 is 0 Å². The van der Waals surface area contributed by atoms with E-state index in [0.717, 1.165) is 25.2 Å². The number of hydrogen-bond acceptors (Lipinski definition) is 2. The fourth-order valence-corrected chi connectivity index (χ4v) is 2.79. The molecule has 0 saturated carbocycles. The maximum absolute atomic E-state index is 5.82. The monoisotopic (exact) mass is 279 g/mol. The predicted molar refractivity (Wildman–Crippen MR) is 81.5 cm³/mol. The topological polar surface area (TPSA) is 29.9 Å². The molecule has 0 atom stereocenters. The van der Waals surface area contributed by atoms with Gasteiger partial charge in [0, 0.05) is 31.4 Å². The van der Waals surface area contributed by atoms with Gasteiger partial charge >= 0.3 is 0 Å². The Morgan fingerprint density at radius 1 is 1.32 bits per heavy atom. The summed E-state index contributed by atoms with van der Waals surface area (Å²) in [7, 11) is 1.99. The van der Waals surface area contributed by atoms with Gasteiger partial charge in [-0.1, -0.05) is 32.0 Å². The minimum absolute atomic E-state index is 0.229. The van der Waals surface area contributed by atoms with Crippen molar-refractivity contribution in [2.75, 3.05) is 12.4 Å². The molecule has 1 aromatic heterocycles. The minimum atomic E-state index is 0.229. The number of fused-ring (bicyclic) bond motifs is 1. The van der Waals surface area contributed by atoms with E-state index in [1.165, 1.54) is 10.9 Å². The van der Waals surface area contributed by atoms with E-state index in [1.54, 1.807) is 0 Å². The molecule has 2 rings (SSSR count). The van der Waals surface area contributed by atoms with Crippen molar-refractivity contribution in [3.05, 3.63) is 30.0 Å². The van der Waals surface area contributed by atoms with Crippen molar-refractivity contribution >= 4 is 22.5 Å². The number of aromatic nitrogens is 2. The molecule has 0 aliphatic heterocycles. The molecule has 0 spiro atoms. The Hall–Kier alpha value is -1.06. The second-order valence-corrected chi connectivity index (χ2v) is 6.17. The first-order valence-electron chi connectivity index (χ1n) is 6.71. The molecular weight excluding hydrogens is 258 g/mol. The van der Waals surface area contributed by atoms with E-state index in [1.807, 2.05) is 17.8 Å². The van der Waals surface area contributed by atoms with Crippen molar-refractivity contribution in [2.24, 2.45) is 12.5 Å². The first-order valence-corrected chi connectivity index (χ1v) is 7.24. The van der Waals surface area contributed by atoms with E-state index in [2.05, 4.69) is 42.5 Å². The maximum Gasteiger partial charge on any atom is 0.0841 e. The van der Waals surface area contributed by atoms with Crippen LogP contribution in [0.1, 0.15) is 26.0 Å². The smallest absolute Gasteiger partial charge is 0.0841 e. The molecule has 0 bridgehead atoms. The lowest BCUT2D eigenvalue weighted by molar-refractivity contribution is 0.329. The highest BCUT2D eigenvalue weighted by Crippen LogP contribution is 2.21. The van der Waals surface area contributed by atoms with Crippen molar-refractivity contribution in [3.63, 3.8) is 0 Å². The van der Waals surface area contributed by atoms with E-state index < -0.39 is 0 Å². The molecule has 1 aromatic carbocycles. The van der Waals surface area contributed by atoms with Crippen LogP contribution >= 0.6 is 11.6 Å². The third-order valence-electron chi connectivity index (χ3n) is 3.50. The van der Waals surface area contributed by atoms with Crippen molar-refractivity contribution in [1.82, 2.24) is 15.1 Å². The predicted octanol–water partition coefficient (Wildman–Crippen LogP) is 3.32. The highest BCUT2D eigenvalue weighted by molar-refractivity contribution is 6.17. The fourth-order valence-electron chi connectivity index (χ4n) is 2.28. The highest BCUT2D eigenvalue weighted by atomic mass is 35.5. The number of alkyl halides is 1. The molecule has 0 amide bonds. The number of aryl methyl sites for hydroxylation is 1. The Kier molecular flexibility index (Phi) is 4.48. The Bertz CT molecular complexity index is 545. The zero-order chi connectivity index (χ0) is 13.9. The molecule has 104 valence electrons. The van der Waals surface area contributed by atoms with Gasteiger partial charge < -0.3 is 5.32 Å². The minimum Gasteiger partial charge on any atom is -0.311 e.